The number of thioether (sulfide) groups is 1. The summed E-state index contributed by atoms with van der Waals surface area (Å²) in [6.07, 6.45) is 1.59. The van der Waals surface area contributed by atoms with Crippen LogP contribution in [0.5, 0.6) is 0 Å². The normalized spacial score (nSPS) is 13.2. The summed E-state index contributed by atoms with van der Waals surface area (Å²) >= 11 is 1.23. The standard InChI is InChI=1S/C22H23NO4S/c1-4-11-26-22(25)23-15(3)21(24)28-14(2)12-16-9-10-20-18(13-16)17-7-5-6-8-19(17)27-20/h4-10,13-15H,1,11-12H2,2-3H3,(H,23,25)/t14-,15+/m0/s1. The van der Waals surface area contributed by atoms with E-state index >= 15 is 0 Å². The molecule has 1 N–H and O–H groups in total. The number of carbonyl (C=O) groups excluding carboxylic acids is 2. The molecule has 3 rings (SSSR count). The molecule has 2 atom stereocenters. The lowest BCUT2D eigenvalue weighted by atomic mass is 10.1. The third-order valence-corrected chi connectivity index (χ3v) is 5.46. The first kappa shape index (κ1) is 20.0. The van der Waals surface area contributed by atoms with Crippen molar-refractivity contribution in [3.8, 4) is 0 Å². The van der Waals surface area contributed by atoms with Gasteiger partial charge in [-0.25, -0.2) is 4.79 Å². The van der Waals surface area contributed by atoms with Crippen molar-refractivity contribution in [2.45, 2.75) is 31.6 Å². The van der Waals surface area contributed by atoms with E-state index in [-0.39, 0.29) is 17.0 Å². The molecule has 2 aromatic carbocycles. The van der Waals surface area contributed by atoms with Crippen LogP contribution in [-0.2, 0) is 16.0 Å². The molecule has 0 bridgehead atoms. The number of nitrogens with one attached hydrogen (secondary N) is 1. The third kappa shape index (κ3) is 4.75. The highest BCUT2D eigenvalue weighted by Crippen LogP contribution is 2.30. The second-order valence-corrected chi connectivity index (χ2v) is 8.08. The molecule has 0 saturated heterocycles. The van der Waals surface area contributed by atoms with Crippen LogP contribution in [0.1, 0.15) is 19.4 Å². The molecule has 1 aromatic heterocycles. The second-order valence-electron chi connectivity index (χ2n) is 6.63. The van der Waals surface area contributed by atoms with Crippen LogP contribution < -0.4 is 5.32 Å². The van der Waals surface area contributed by atoms with Gasteiger partial charge in [0, 0.05) is 16.0 Å². The van der Waals surface area contributed by atoms with Crippen LogP contribution >= 0.6 is 11.8 Å². The molecule has 5 nitrogen and oxygen atoms in total. The number of carbonyl (C=O) groups is 2. The van der Waals surface area contributed by atoms with Gasteiger partial charge in [-0.05, 0) is 37.1 Å². The van der Waals surface area contributed by atoms with Crippen LogP contribution in [-0.4, -0.2) is 29.1 Å². The summed E-state index contributed by atoms with van der Waals surface area (Å²) in [5, 5.41) is 4.67. The number of para-hydroxylation sites is 1. The van der Waals surface area contributed by atoms with Crippen LogP contribution in [0.25, 0.3) is 21.9 Å². The van der Waals surface area contributed by atoms with E-state index < -0.39 is 12.1 Å². The molecule has 146 valence electrons. The first-order chi connectivity index (χ1) is 13.5. The van der Waals surface area contributed by atoms with Crippen molar-refractivity contribution in [3.05, 3.63) is 60.7 Å². The molecule has 0 aliphatic carbocycles. The first-order valence-corrected chi connectivity index (χ1v) is 10.0. The quantitative estimate of drug-likeness (QED) is 0.563. The minimum atomic E-state index is -0.620. The van der Waals surface area contributed by atoms with Crippen molar-refractivity contribution < 1.29 is 18.7 Å². The van der Waals surface area contributed by atoms with E-state index in [0.717, 1.165) is 33.9 Å². The summed E-state index contributed by atoms with van der Waals surface area (Å²) in [5.41, 5.74) is 2.87. The van der Waals surface area contributed by atoms with E-state index in [9.17, 15) is 9.59 Å². The molecule has 3 aromatic rings. The number of fused-ring (bicyclic) bond motifs is 3. The molecule has 0 fully saturated rings. The number of amides is 1. The Morgan fingerprint density at radius 2 is 1.93 bits per heavy atom. The zero-order valence-electron chi connectivity index (χ0n) is 15.9. The largest absolute Gasteiger partial charge is 0.456 e. The van der Waals surface area contributed by atoms with Crippen molar-refractivity contribution in [2.24, 2.45) is 0 Å². The molecular weight excluding hydrogens is 374 g/mol. The van der Waals surface area contributed by atoms with Gasteiger partial charge in [0.05, 0.1) is 6.04 Å². The minimum absolute atomic E-state index is 0.0663. The van der Waals surface area contributed by atoms with Gasteiger partial charge in [0.15, 0.2) is 0 Å². The number of hydrogen-bond donors (Lipinski definition) is 1. The molecule has 0 radical (unpaired) electrons. The van der Waals surface area contributed by atoms with Gasteiger partial charge in [0.25, 0.3) is 0 Å². The Labute approximate surface area is 168 Å². The number of furan rings is 1. The first-order valence-electron chi connectivity index (χ1n) is 9.12. The number of hydrogen-bond acceptors (Lipinski definition) is 5. The predicted molar refractivity (Wildman–Crippen MR) is 114 cm³/mol. The summed E-state index contributed by atoms with van der Waals surface area (Å²) in [6.45, 7) is 7.25. The molecular formula is C22H23NO4S. The van der Waals surface area contributed by atoms with Crippen LogP contribution in [0.3, 0.4) is 0 Å². The molecule has 0 aliphatic rings. The van der Waals surface area contributed by atoms with Crippen molar-refractivity contribution >= 4 is 44.9 Å². The molecule has 6 heteroatoms. The molecule has 0 saturated carbocycles. The Kier molecular flexibility index (Phi) is 6.41. The van der Waals surface area contributed by atoms with Gasteiger partial charge >= 0.3 is 6.09 Å². The van der Waals surface area contributed by atoms with Gasteiger partial charge in [0.1, 0.15) is 17.8 Å². The fourth-order valence-electron chi connectivity index (χ4n) is 2.99. The number of benzene rings is 2. The van der Waals surface area contributed by atoms with Crippen LogP contribution in [0.15, 0.2) is 59.5 Å². The van der Waals surface area contributed by atoms with E-state index in [1.807, 2.05) is 43.3 Å². The number of rotatable bonds is 7. The number of ether oxygens (including phenoxy) is 1. The molecule has 0 unspecified atom stereocenters. The van der Waals surface area contributed by atoms with E-state index in [1.54, 1.807) is 6.92 Å². The molecule has 0 spiro atoms. The second kappa shape index (κ2) is 8.97. The average Bonchev–Trinajstić information content (AvgIpc) is 3.04. The SMILES string of the molecule is C=CCOC(=O)N[C@H](C)C(=O)S[C@@H](C)Cc1ccc2oc3ccccc3c2c1. The Hall–Kier alpha value is -2.73. The number of alkyl carbamates (subject to hydrolysis) is 1. The molecule has 1 amide bonds. The molecule has 28 heavy (non-hydrogen) atoms. The van der Waals surface area contributed by atoms with Gasteiger partial charge in [0.2, 0.25) is 5.12 Å². The summed E-state index contributed by atoms with van der Waals surface area (Å²) in [4.78, 5) is 23.9. The highest BCUT2D eigenvalue weighted by molar-refractivity contribution is 8.14. The van der Waals surface area contributed by atoms with Crippen LogP contribution in [0.4, 0.5) is 4.79 Å². The lowest BCUT2D eigenvalue weighted by Crippen LogP contribution is -2.38. The Bertz CT molecular complexity index is 1010. The summed E-state index contributed by atoms with van der Waals surface area (Å²) in [5.74, 6) is 0. The van der Waals surface area contributed by atoms with Crippen molar-refractivity contribution in [2.75, 3.05) is 6.61 Å². The average molecular weight is 397 g/mol. The van der Waals surface area contributed by atoms with Crippen molar-refractivity contribution in [1.29, 1.82) is 0 Å². The maximum absolute atomic E-state index is 12.4. The van der Waals surface area contributed by atoms with Gasteiger partial charge < -0.3 is 14.5 Å². The topological polar surface area (TPSA) is 68.5 Å². The maximum Gasteiger partial charge on any atom is 0.408 e. The van der Waals surface area contributed by atoms with Crippen molar-refractivity contribution in [3.63, 3.8) is 0 Å². The maximum atomic E-state index is 12.4. The smallest absolute Gasteiger partial charge is 0.408 e. The Morgan fingerprint density at radius 1 is 1.18 bits per heavy atom. The van der Waals surface area contributed by atoms with Crippen molar-refractivity contribution in [1.82, 2.24) is 5.32 Å². The fourth-order valence-corrected chi connectivity index (χ4v) is 3.92. The third-order valence-electron chi connectivity index (χ3n) is 4.30. The highest BCUT2D eigenvalue weighted by Gasteiger charge is 2.20. The van der Waals surface area contributed by atoms with E-state index in [2.05, 4.69) is 18.0 Å². The van der Waals surface area contributed by atoms with Gasteiger partial charge in [-0.3, -0.25) is 4.79 Å². The minimum Gasteiger partial charge on any atom is -0.456 e. The van der Waals surface area contributed by atoms with Gasteiger partial charge in [-0.2, -0.15) is 0 Å². The van der Waals surface area contributed by atoms with Crippen LogP contribution in [0, 0.1) is 0 Å². The summed E-state index contributed by atoms with van der Waals surface area (Å²) < 4.78 is 10.7. The van der Waals surface area contributed by atoms with E-state index in [1.165, 1.54) is 17.8 Å². The fraction of sp³-hybridized carbons (Fsp3) is 0.273. The van der Waals surface area contributed by atoms with Gasteiger partial charge in [-0.15, -0.1) is 0 Å². The molecule has 1 heterocycles. The summed E-state index contributed by atoms with van der Waals surface area (Å²) in [7, 11) is 0. The zero-order valence-corrected chi connectivity index (χ0v) is 16.8. The lowest BCUT2D eigenvalue weighted by molar-refractivity contribution is -0.112. The van der Waals surface area contributed by atoms with E-state index in [0.29, 0.717) is 0 Å². The zero-order chi connectivity index (χ0) is 20.1. The lowest BCUT2D eigenvalue weighted by Gasteiger charge is -2.15. The Balaban J connectivity index is 1.61. The summed E-state index contributed by atoms with van der Waals surface area (Å²) in [6, 6.07) is 13.5. The Morgan fingerprint density at radius 3 is 2.71 bits per heavy atom. The van der Waals surface area contributed by atoms with E-state index in [4.69, 9.17) is 9.15 Å². The molecule has 0 aliphatic heterocycles. The highest BCUT2D eigenvalue weighted by atomic mass is 32.2. The monoisotopic (exact) mass is 397 g/mol. The van der Waals surface area contributed by atoms with Crippen LogP contribution in [0.2, 0.25) is 0 Å². The predicted octanol–water partition coefficient (Wildman–Crippen LogP) is 5.08. The van der Waals surface area contributed by atoms with Gasteiger partial charge in [-0.1, -0.05) is 55.6 Å².